The van der Waals surface area contributed by atoms with Gasteiger partial charge in [0.2, 0.25) is 0 Å². The first kappa shape index (κ1) is 13.4. The van der Waals surface area contributed by atoms with Gasteiger partial charge in [-0.05, 0) is 37.0 Å². The van der Waals surface area contributed by atoms with E-state index in [1.54, 1.807) is 12.1 Å². The van der Waals surface area contributed by atoms with Crippen molar-refractivity contribution in [1.29, 1.82) is 0 Å². The number of halogens is 1. The van der Waals surface area contributed by atoms with Crippen LogP contribution in [0, 0.1) is 5.92 Å². The molecule has 4 nitrogen and oxygen atoms in total. The van der Waals surface area contributed by atoms with Crippen molar-refractivity contribution in [2.24, 2.45) is 5.92 Å². The van der Waals surface area contributed by atoms with Gasteiger partial charge in [-0.2, -0.15) is 0 Å². The van der Waals surface area contributed by atoms with Crippen molar-refractivity contribution in [3.63, 3.8) is 0 Å². The second-order valence-electron chi connectivity index (χ2n) is 4.65. The Morgan fingerprint density at radius 2 is 2.33 bits per heavy atom. The molecular weight excluding hydrogens is 296 g/mol. The van der Waals surface area contributed by atoms with Crippen molar-refractivity contribution in [3.05, 3.63) is 28.2 Å². The van der Waals surface area contributed by atoms with Crippen LogP contribution in [0.5, 0.6) is 0 Å². The van der Waals surface area contributed by atoms with Crippen molar-refractivity contribution in [1.82, 2.24) is 4.90 Å². The summed E-state index contributed by atoms with van der Waals surface area (Å²) >= 11 is 3.33. The lowest BCUT2D eigenvalue weighted by Gasteiger charge is -2.17. The molecule has 1 fully saturated rings. The third kappa shape index (κ3) is 2.84. The van der Waals surface area contributed by atoms with E-state index in [-0.39, 0.29) is 12.5 Å². The summed E-state index contributed by atoms with van der Waals surface area (Å²) in [7, 11) is 0. The number of nitrogen functional groups attached to an aromatic ring is 1. The number of aliphatic hydroxyl groups excluding tert-OH is 1. The van der Waals surface area contributed by atoms with Gasteiger partial charge in [-0.1, -0.05) is 15.9 Å². The molecule has 1 aromatic rings. The summed E-state index contributed by atoms with van der Waals surface area (Å²) in [5.74, 6) is 0.399. The molecule has 98 valence electrons. The predicted octanol–water partition coefficient (Wildman–Crippen LogP) is 1.88. The summed E-state index contributed by atoms with van der Waals surface area (Å²) in [6, 6.07) is 5.32. The van der Waals surface area contributed by atoms with Crippen molar-refractivity contribution < 1.29 is 9.90 Å². The number of hydrogen-bond donors (Lipinski definition) is 2. The number of aliphatic hydroxyl groups is 1. The second kappa shape index (κ2) is 5.71. The molecule has 5 heteroatoms. The first-order valence-corrected chi connectivity index (χ1v) is 6.86. The molecule has 0 aliphatic carbocycles. The van der Waals surface area contributed by atoms with E-state index in [1.165, 1.54) is 0 Å². The highest BCUT2D eigenvalue weighted by Gasteiger charge is 2.27. The Morgan fingerprint density at radius 3 is 3.00 bits per heavy atom. The second-order valence-corrected chi connectivity index (χ2v) is 5.57. The molecule has 3 N–H and O–H groups in total. The zero-order valence-corrected chi connectivity index (χ0v) is 11.7. The van der Waals surface area contributed by atoms with E-state index in [0.717, 1.165) is 30.4 Å². The molecule has 0 spiro atoms. The van der Waals surface area contributed by atoms with Gasteiger partial charge in [0.25, 0.3) is 5.91 Å². The molecule has 1 unspecified atom stereocenters. The Morgan fingerprint density at radius 1 is 1.56 bits per heavy atom. The number of anilines is 1. The molecule has 2 rings (SSSR count). The van der Waals surface area contributed by atoms with Crippen LogP contribution in [0.4, 0.5) is 5.69 Å². The van der Waals surface area contributed by atoms with Crippen LogP contribution in [-0.4, -0.2) is 35.6 Å². The normalized spacial score (nSPS) is 19.2. The van der Waals surface area contributed by atoms with Gasteiger partial charge in [0.05, 0.1) is 5.56 Å². The van der Waals surface area contributed by atoms with Gasteiger partial charge in [0.1, 0.15) is 0 Å². The number of nitrogens with zero attached hydrogens (tertiary/aromatic N) is 1. The monoisotopic (exact) mass is 312 g/mol. The van der Waals surface area contributed by atoms with E-state index in [4.69, 9.17) is 10.8 Å². The first-order chi connectivity index (χ1) is 8.61. The van der Waals surface area contributed by atoms with Gasteiger partial charge in [-0.15, -0.1) is 0 Å². The summed E-state index contributed by atoms with van der Waals surface area (Å²) in [5.41, 5.74) is 6.92. The quantitative estimate of drug-likeness (QED) is 0.837. The van der Waals surface area contributed by atoms with Gasteiger partial charge < -0.3 is 15.7 Å². The highest BCUT2D eigenvalue weighted by atomic mass is 79.9. The average Bonchev–Trinajstić information content (AvgIpc) is 2.77. The maximum atomic E-state index is 12.3. The van der Waals surface area contributed by atoms with E-state index < -0.39 is 0 Å². The van der Waals surface area contributed by atoms with Crippen LogP contribution in [-0.2, 0) is 0 Å². The summed E-state index contributed by atoms with van der Waals surface area (Å²) in [6.07, 6.45) is 1.72. The number of carbonyl (C=O) groups is 1. The lowest BCUT2D eigenvalue weighted by atomic mass is 10.1. The molecule has 1 atom stereocenters. The van der Waals surface area contributed by atoms with Gasteiger partial charge in [-0.3, -0.25) is 4.79 Å². The Bertz CT molecular complexity index is 451. The van der Waals surface area contributed by atoms with Crippen LogP contribution in [0.3, 0.4) is 0 Å². The number of amides is 1. The summed E-state index contributed by atoms with van der Waals surface area (Å²) in [4.78, 5) is 14.1. The Balaban J connectivity index is 2.08. The highest BCUT2D eigenvalue weighted by molar-refractivity contribution is 9.10. The minimum atomic E-state index is -0.0135. The van der Waals surface area contributed by atoms with Crippen LogP contribution in [0.15, 0.2) is 22.7 Å². The fraction of sp³-hybridized carbons (Fsp3) is 0.462. The number of likely N-dealkylation sites (tertiary alicyclic amines) is 1. The van der Waals surface area contributed by atoms with Crippen LogP contribution in [0.25, 0.3) is 0 Å². The summed E-state index contributed by atoms with van der Waals surface area (Å²) in [6.45, 7) is 1.65. The Hall–Kier alpha value is -1.07. The van der Waals surface area contributed by atoms with Crippen LogP contribution in [0.1, 0.15) is 23.2 Å². The molecule has 1 aliphatic rings. The minimum Gasteiger partial charge on any atom is -0.398 e. The van der Waals surface area contributed by atoms with Crippen LogP contribution < -0.4 is 5.73 Å². The molecule has 0 bridgehead atoms. The maximum Gasteiger partial charge on any atom is 0.255 e. The van der Waals surface area contributed by atoms with Crippen molar-refractivity contribution in [2.45, 2.75) is 12.8 Å². The fourth-order valence-electron chi connectivity index (χ4n) is 2.33. The molecule has 0 aromatic heterocycles. The van der Waals surface area contributed by atoms with Crippen molar-refractivity contribution >= 4 is 27.5 Å². The Labute approximate surface area is 115 Å². The fourth-order valence-corrected chi connectivity index (χ4v) is 2.71. The third-order valence-corrected chi connectivity index (χ3v) is 3.85. The number of nitrogens with two attached hydrogens (primary N) is 1. The summed E-state index contributed by atoms with van der Waals surface area (Å²) in [5, 5.41) is 8.91. The molecule has 18 heavy (non-hydrogen) atoms. The van der Waals surface area contributed by atoms with Gasteiger partial charge in [-0.25, -0.2) is 0 Å². The molecule has 1 amide bonds. The molecule has 0 saturated carbocycles. The molecular formula is C13H17BrN2O2. The maximum absolute atomic E-state index is 12.3. The Kier molecular flexibility index (Phi) is 4.24. The zero-order valence-electron chi connectivity index (χ0n) is 10.1. The third-order valence-electron chi connectivity index (χ3n) is 3.35. The van der Waals surface area contributed by atoms with E-state index in [2.05, 4.69) is 15.9 Å². The molecule has 1 heterocycles. The van der Waals surface area contributed by atoms with Crippen molar-refractivity contribution in [3.8, 4) is 0 Å². The average molecular weight is 313 g/mol. The molecule has 1 saturated heterocycles. The lowest BCUT2D eigenvalue weighted by molar-refractivity contribution is 0.0786. The minimum absolute atomic E-state index is 0.0135. The van der Waals surface area contributed by atoms with Gasteiger partial charge >= 0.3 is 0 Å². The SMILES string of the molecule is Nc1cc(Br)ccc1C(=O)N1CCC(CCO)C1. The van der Waals surface area contributed by atoms with E-state index >= 15 is 0 Å². The van der Waals surface area contributed by atoms with E-state index in [1.807, 2.05) is 11.0 Å². The highest BCUT2D eigenvalue weighted by Crippen LogP contribution is 2.24. The standard InChI is InChI=1S/C13H17BrN2O2/c14-10-1-2-11(12(15)7-10)13(18)16-5-3-9(8-16)4-6-17/h1-2,7,9,17H,3-6,8,15H2. The van der Waals surface area contributed by atoms with Gasteiger partial charge in [0.15, 0.2) is 0 Å². The van der Waals surface area contributed by atoms with Crippen molar-refractivity contribution in [2.75, 3.05) is 25.4 Å². The number of rotatable bonds is 3. The predicted molar refractivity (Wildman–Crippen MR) is 74.3 cm³/mol. The zero-order chi connectivity index (χ0) is 13.1. The molecule has 1 aromatic carbocycles. The number of benzene rings is 1. The molecule has 0 radical (unpaired) electrons. The summed E-state index contributed by atoms with van der Waals surface area (Å²) < 4.78 is 0.871. The van der Waals surface area contributed by atoms with Crippen LogP contribution >= 0.6 is 15.9 Å². The largest absolute Gasteiger partial charge is 0.398 e. The first-order valence-electron chi connectivity index (χ1n) is 6.07. The van der Waals surface area contributed by atoms with E-state index in [0.29, 0.717) is 17.2 Å². The van der Waals surface area contributed by atoms with Gasteiger partial charge in [0, 0.05) is 29.9 Å². The topological polar surface area (TPSA) is 66.6 Å². The number of carbonyl (C=O) groups excluding carboxylic acids is 1. The van der Waals surface area contributed by atoms with Crippen LogP contribution in [0.2, 0.25) is 0 Å². The lowest BCUT2D eigenvalue weighted by Crippen LogP contribution is -2.29. The van der Waals surface area contributed by atoms with E-state index in [9.17, 15) is 4.79 Å². The number of hydrogen-bond acceptors (Lipinski definition) is 3. The molecule has 1 aliphatic heterocycles. The smallest absolute Gasteiger partial charge is 0.255 e.